The first-order chi connectivity index (χ1) is 9.69. The van der Waals surface area contributed by atoms with Crippen LogP contribution in [0.2, 0.25) is 18.1 Å². The summed E-state index contributed by atoms with van der Waals surface area (Å²) >= 11 is 0. The van der Waals surface area contributed by atoms with Crippen molar-refractivity contribution in [2.45, 2.75) is 45.0 Å². The Morgan fingerprint density at radius 1 is 1.24 bits per heavy atom. The van der Waals surface area contributed by atoms with Gasteiger partial charge < -0.3 is 9.16 Å². The van der Waals surface area contributed by atoms with Crippen molar-refractivity contribution in [2.24, 2.45) is 0 Å². The standard InChI is InChI=1S/C17H23NO2Si/c1-17(2,3)21(5,6)20-16(13-18)11-10-14-8-7-9-15(12-14)19-4/h7-9,12,16H,1-6H3/t16-/m0/s1. The van der Waals surface area contributed by atoms with E-state index in [1.54, 1.807) is 7.11 Å². The van der Waals surface area contributed by atoms with Crippen molar-refractivity contribution < 1.29 is 9.16 Å². The molecule has 0 aromatic heterocycles. The Balaban J connectivity index is 2.90. The number of rotatable bonds is 3. The zero-order valence-corrected chi connectivity index (χ0v) is 14.7. The van der Waals surface area contributed by atoms with Crippen molar-refractivity contribution >= 4 is 8.32 Å². The topological polar surface area (TPSA) is 42.2 Å². The van der Waals surface area contributed by atoms with E-state index in [0.717, 1.165) is 11.3 Å². The van der Waals surface area contributed by atoms with E-state index in [1.165, 1.54) is 0 Å². The monoisotopic (exact) mass is 301 g/mol. The van der Waals surface area contributed by atoms with Crippen LogP contribution in [0.15, 0.2) is 24.3 Å². The zero-order chi connectivity index (χ0) is 16.1. The summed E-state index contributed by atoms with van der Waals surface area (Å²) in [4.78, 5) is 0. The third-order valence-corrected chi connectivity index (χ3v) is 8.19. The van der Waals surface area contributed by atoms with Gasteiger partial charge in [0, 0.05) is 5.56 Å². The Bertz CT molecular complexity index is 585. The smallest absolute Gasteiger partial charge is 0.196 e. The molecule has 1 aromatic rings. The maximum absolute atomic E-state index is 9.25. The molecule has 0 aliphatic heterocycles. The number of nitrogens with zero attached hydrogens (tertiary/aromatic N) is 1. The molecule has 0 bridgehead atoms. The van der Waals surface area contributed by atoms with Gasteiger partial charge in [-0.05, 0) is 36.3 Å². The van der Waals surface area contributed by atoms with Crippen LogP contribution >= 0.6 is 0 Å². The van der Waals surface area contributed by atoms with E-state index >= 15 is 0 Å². The first-order valence-electron chi connectivity index (χ1n) is 6.92. The normalized spacial score (nSPS) is 12.8. The molecule has 0 spiro atoms. The summed E-state index contributed by atoms with van der Waals surface area (Å²) < 4.78 is 11.2. The molecular weight excluding hydrogens is 278 g/mol. The average Bonchev–Trinajstić information content (AvgIpc) is 2.42. The van der Waals surface area contributed by atoms with E-state index in [2.05, 4.69) is 51.8 Å². The first kappa shape index (κ1) is 17.3. The number of methoxy groups -OCH3 is 1. The van der Waals surface area contributed by atoms with E-state index < -0.39 is 14.4 Å². The molecule has 112 valence electrons. The lowest BCUT2D eigenvalue weighted by molar-refractivity contribution is 0.281. The van der Waals surface area contributed by atoms with Gasteiger partial charge in [-0.3, -0.25) is 0 Å². The highest BCUT2D eigenvalue weighted by Crippen LogP contribution is 2.37. The van der Waals surface area contributed by atoms with Gasteiger partial charge in [0.05, 0.1) is 7.11 Å². The summed E-state index contributed by atoms with van der Waals surface area (Å²) in [6, 6.07) is 9.60. The highest BCUT2D eigenvalue weighted by atomic mass is 28.4. The van der Waals surface area contributed by atoms with Gasteiger partial charge >= 0.3 is 0 Å². The number of benzene rings is 1. The lowest BCUT2D eigenvalue weighted by Crippen LogP contribution is -2.43. The minimum absolute atomic E-state index is 0.0553. The Morgan fingerprint density at radius 2 is 1.90 bits per heavy atom. The molecule has 0 N–H and O–H groups in total. The van der Waals surface area contributed by atoms with E-state index in [0.29, 0.717) is 0 Å². The fraction of sp³-hybridized carbons (Fsp3) is 0.471. The first-order valence-corrected chi connectivity index (χ1v) is 9.83. The molecule has 1 aromatic carbocycles. The largest absolute Gasteiger partial charge is 0.497 e. The van der Waals surface area contributed by atoms with Crippen LogP contribution in [0.4, 0.5) is 0 Å². The predicted octanol–water partition coefficient (Wildman–Crippen LogP) is 3.96. The fourth-order valence-corrected chi connectivity index (χ4v) is 2.46. The molecular formula is C17H23NO2Si. The Kier molecular flexibility index (Phi) is 5.60. The number of hydrogen-bond donors (Lipinski definition) is 0. The van der Waals surface area contributed by atoms with Crippen LogP contribution in [-0.2, 0) is 4.43 Å². The minimum Gasteiger partial charge on any atom is -0.497 e. The van der Waals surface area contributed by atoms with E-state index in [9.17, 15) is 5.26 Å². The number of nitriles is 1. The summed E-state index contributed by atoms with van der Waals surface area (Å²) in [6.07, 6.45) is -0.697. The van der Waals surface area contributed by atoms with Crippen LogP contribution in [0.25, 0.3) is 0 Å². The fourth-order valence-electron chi connectivity index (χ4n) is 1.41. The molecule has 0 aliphatic rings. The zero-order valence-electron chi connectivity index (χ0n) is 13.7. The maximum atomic E-state index is 9.25. The quantitative estimate of drug-likeness (QED) is 0.627. The summed E-state index contributed by atoms with van der Waals surface area (Å²) in [6.45, 7) is 10.7. The summed E-state index contributed by atoms with van der Waals surface area (Å²) in [5.41, 5.74) is 0.813. The van der Waals surface area contributed by atoms with Crippen molar-refractivity contribution in [3.63, 3.8) is 0 Å². The van der Waals surface area contributed by atoms with Gasteiger partial charge in [-0.25, -0.2) is 0 Å². The predicted molar refractivity (Wildman–Crippen MR) is 87.6 cm³/mol. The SMILES string of the molecule is COc1cccc(C#C[C@@H](C#N)O[Si](C)(C)C(C)(C)C)c1. The average molecular weight is 301 g/mol. The molecule has 0 saturated heterocycles. The summed E-state index contributed by atoms with van der Waals surface area (Å²) in [5, 5.41) is 9.31. The molecule has 1 rings (SSSR count). The molecule has 0 heterocycles. The molecule has 0 saturated carbocycles. The van der Waals surface area contributed by atoms with Crippen molar-refractivity contribution in [3.8, 4) is 23.7 Å². The van der Waals surface area contributed by atoms with Gasteiger partial charge in [0.15, 0.2) is 14.4 Å². The van der Waals surface area contributed by atoms with Crippen LogP contribution < -0.4 is 4.74 Å². The highest BCUT2D eigenvalue weighted by molar-refractivity contribution is 6.74. The second kappa shape index (κ2) is 6.80. The minimum atomic E-state index is -1.99. The molecule has 0 amide bonds. The summed E-state index contributed by atoms with van der Waals surface area (Å²) in [5.74, 6) is 6.65. The molecule has 0 radical (unpaired) electrons. The van der Waals surface area contributed by atoms with Crippen LogP contribution in [0.1, 0.15) is 26.3 Å². The van der Waals surface area contributed by atoms with Gasteiger partial charge in [-0.1, -0.05) is 38.7 Å². The Hall–Kier alpha value is -1.75. The van der Waals surface area contributed by atoms with E-state index in [4.69, 9.17) is 9.16 Å². The van der Waals surface area contributed by atoms with Gasteiger partial charge in [0.25, 0.3) is 0 Å². The molecule has 1 atom stereocenters. The van der Waals surface area contributed by atoms with E-state index in [1.807, 2.05) is 24.3 Å². The molecule has 0 fully saturated rings. The third kappa shape index (κ3) is 4.93. The van der Waals surface area contributed by atoms with E-state index in [-0.39, 0.29) is 5.04 Å². The lowest BCUT2D eigenvalue weighted by Gasteiger charge is -2.36. The molecule has 21 heavy (non-hydrogen) atoms. The lowest BCUT2D eigenvalue weighted by atomic mass is 10.2. The maximum Gasteiger partial charge on any atom is 0.196 e. The van der Waals surface area contributed by atoms with Crippen LogP contribution in [0.3, 0.4) is 0 Å². The second-order valence-corrected chi connectivity index (χ2v) is 11.1. The van der Waals surface area contributed by atoms with Crippen LogP contribution in [0.5, 0.6) is 5.75 Å². The van der Waals surface area contributed by atoms with Crippen molar-refractivity contribution in [1.82, 2.24) is 0 Å². The molecule has 3 nitrogen and oxygen atoms in total. The Morgan fingerprint density at radius 3 is 2.43 bits per heavy atom. The van der Waals surface area contributed by atoms with Gasteiger partial charge in [-0.15, -0.1) is 0 Å². The second-order valence-electron chi connectivity index (χ2n) is 6.39. The highest BCUT2D eigenvalue weighted by Gasteiger charge is 2.39. The van der Waals surface area contributed by atoms with Gasteiger partial charge in [-0.2, -0.15) is 5.26 Å². The number of ether oxygens (including phenoxy) is 1. The molecule has 4 heteroatoms. The van der Waals surface area contributed by atoms with Crippen molar-refractivity contribution in [2.75, 3.05) is 7.11 Å². The van der Waals surface area contributed by atoms with Gasteiger partial charge in [0.1, 0.15) is 11.8 Å². The third-order valence-electron chi connectivity index (χ3n) is 3.75. The van der Waals surface area contributed by atoms with Crippen molar-refractivity contribution in [1.29, 1.82) is 5.26 Å². The molecule has 0 aliphatic carbocycles. The number of hydrogen-bond acceptors (Lipinski definition) is 3. The van der Waals surface area contributed by atoms with Crippen molar-refractivity contribution in [3.05, 3.63) is 29.8 Å². The molecule has 0 unspecified atom stereocenters. The Labute approximate surface area is 129 Å². The van der Waals surface area contributed by atoms with Crippen LogP contribution in [-0.4, -0.2) is 21.5 Å². The summed E-state index contributed by atoms with van der Waals surface area (Å²) in [7, 11) is -0.378. The van der Waals surface area contributed by atoms with Crippen LogP contribution in [0, 0.1) is 23.2 Å². The van der Waals surface area contributed by atoms with Gasteiger partial charge in [0.2, 0.25) is 0 Å².